The number of carbonyl (C=O) groups excluding carboxylic acids is 1. The van der Waals surface area contributed by atoms with Gasteiger partial charge in [0.2, 0.25) is 0 Å². The topological polar surface area (TPSA) is 70.1 Å². The lowest BCUT2D eigenvalue weighted by molar-refractivity contribution is -0.142. The normalized spacial score (nSPS) is 27.0. The molecule has 0 aromatic heterocycles. The van der Waals surface area contributed by atoms with Crippen LogP contribution < -0.4 is 0 Å². The van der Waals surface area contributed by atoms with Crippen LogP contribution >= 0.6 is 0 Å². The largest absolute Gasteiger partial charge is 0.480 e. The fourth-order valence-electron chi connectivity index (χ4n) is 3.15. The van der Waals surface area contributed by atoms with Crippen molar-refractivity contribution in [1.82, 2.24) is 9.80 Å². The van der Waals surface area contributed by atoms with Crippen LogP contribution in [0.15, 0.2) is 0 Å². The second-order valence-electron chi connectivity index (χ2n) is 6.05. The van der Waals surface area contributed by atoms with Gasteiger partial charge in [0.15, 0.2) is 0 Å². The minimum atomic E-state index is -0.896. The minimum absolute atomic E-state index is 0.0861. The summed E-state index contributed by atoms with van der Waals surface area (Å²) < 4.78 is 5.66. The van der Waals surface area contributed by atoms with Gasteiger partial charge in [-0.3, -0.25) is 0 Å². The molecular weight excluding hydrogens is 272 g/mol. The molecule has 0 radical (unpaired) electrons. The fraction of sp³-hybridized carbons (Fsp3) is 0.867. The second kappa shape index (κ2) is 7.64. The zero-order valence-electron chi connectivity index (χ0n) is 12.8. The summed E-state index contributed by atoms with van der Waals surface area (Å²) in [5.41, 5.74) is 0. The molecule has 2 rings (SSSR count). The summed E-state index contributed by atoms with van der Waals surface area (Å²) in [5, 5.41) is 9.35. The van der Waals surface area contributed by atoms with E-state index in [1.165, 1.54) is 4.90 Å². The Bertz CT molecular complexity index is 369. The Hall–Kier alpha value is -1.30. The summed E-state index contributed by atoms with van der Waals surface area (Å²) in [6.45, 7) is 1.83. The first kappa shape index (κ1) is 16.1. The molecule has 0 aliphatic carbocycles. The first-order valence-corrected chi connectivity index (χ1v) is 7.95. The highest BCUT2D eigenvalue weighted by Crippen LogP contribution is 2.20. The molecule has 120 valence electrons. The van der Waals surface area contributed by atoms with Gasteiger partial charge in [0.05, 0.1) is 6.10 Å². The van der Waals surface area contributed by atoms with E-state index >= 15 is 0 Å². The molecule has 0 spiro atoms. The predicted molar refractivity (Wildman–Crippen MR) is 78.2 cm³/mol. The molecule has 2 aliphatic heterocycles. The van der Waals surface area contributed by atoms with Gasteiger partial charge in [-0.2, -0.15) is 0 Å². The van der Waals surface area contributed by atoms with Crippen molar-refractivity contribution in [3.8, 4) is 0 Å². The van der Waals surface area contributed by atoms with Crippen molar-refractivity contribution in [2.24, 2.45) is 0 Å². The zero-order chi connectivity index (χ0) is 15.2. The number of carboxylic acid groups (broad SMARTS) is 1. The summed E-state index contributed by atoms with van der Waals surface area (Å²) in [6, 6.07) is -0.867. The molecule has 2 heterocycles. The second-order valence-corrected chi connectivity index (χ2v) is 6.05. The number of rotatable bonds is 3. The summed E-state index contributed by atoms with van der Waals surface area (Å²) >= 11 is 0. The number of likely N-dealkylation sites (tertiary alicyclic amines) is 1. The van der Waals surface area contributed by atoms with Crippen LogP contribution in [0.4, 0.5) is 4.79 Å². The average Bonchev–Trinajstić information content (AvgIpc) is 2.73. The number of carboxylic acids is 1. The Morgan fingerprint density at radius 2 is 1.95 bits per heavy atom. The van der Waals surface area contributed by atoms with E-state index in [1.807, 2.05) is 0 Å². The molecule has 2 atom stereocenters. The molecule has 2 amide bonds. The number of hydrogen-bond acceptors (Lipinski definition) is 3. The van der Waals surface area contributed by atoms with Gasteiger partial charge in [-0.05, 0) is 32.1 Å². The minimum Gasteiger partial charge on any atom is -0.480 e. The lowest BCUT2D eigenvalue weighted by atomic mass is 10.1. The number of aliphatic carboxylic acids is 1. The van der Waals surface area contributed by atoms with E-state index in [9.17, 15) is 14.7 Å². The Labute approximate surface area is 126 Å². The number of nitrogens with zero attached hydrogens (tertiary/aromatic N) is 2. The van der Waals surface area contributed by atoms with Gasteiger partial charge < -0.3 is 19.6 Å². The van der Waals surface area contributed by atoms with Crippen LogP contribution in [0.2, 0.25) is 0 Å². The molecule has 2 aliphatic rings. The van der Waals surface area contributed by atoms with Crippen molar-refractivity contribution in [1.29, 1.82) is 0 Å². The van der Waals surface area contributed by atoms with Crippen molar-refractivity contribution in [3.63, 3.8) is 0 Å². The maximum absolute atomic E-state index is 12.6. The highest BCUT2D eigenvalue weighted by atomic mass is 16.5. The third-order valence-electron chi connectivity index (χ3n) is 4.36. The third kappa shape index (κ3) is 4.33. The van der Waals surface area contributed by atoms with Gasteiger partial charge in [-0.25, -0.2) is 9.59 Å². The first-order valence-electron chi connectivity index (χ1n) is 7.95. The predicted octanol–water partition coefficient (Wildman–Crippen LogP) is 1.94. The molecular formula is C15H26N2O4. The molecule has 6 heteroatoms. The molecule has 21 heavy (non-hydrogen) atoms. The number of ether oxygens (including phenoxy) is 1. The monoisotopic (exact) mass is 298 g/mol. The summed E-state index contributed by atoms with van der Waals surface area (Å²) in [4.78, 5) is 27.1. The molecule has 2 saturated heterocycles. The van der Waals surface area contributed by atoms with Gasteiger partial charge in [0.25, 0.3) is 0 Å². The van der Waals surface area contributed by atoms with E-state index < -0.39 is 12.0 Å². The van der Waals surface area contributed by atoms with Crippen LogP contribution in [0, 0.1) is 0 Å². The van der Waals surface area contributed by atoms with Gasteiger partial charge in [0, 0.05) is 26.7 Å². The van der Waals surface area contributed by atoms with E-state index in [2.05, 4.69) is 0 Å². The Morgan fingerprint density at radius 1 is 1.19 bits per heavy atom. The van der Waals surface area contributed by atoms with E-state index in [0.29, 0.717) is 19.5 Å². The molecule has 0 aromatic rings. The molecule has 6 nitrogen and oxygen atoms in total. The summed E-state index contributed by atoms with van der Waals surface area (Å²) in [7, 11) is 1.74. The lowest BCUT2D eigenvalue weighted by Gasteiger charge is -2.33. The van der Waals surface area contributed by atoms with Crippen LogP contribution in [0.3, 0.4) is 0 Å². The quantitative estimate of drug-likeness (QED) is 0.864. The van der Waals surface area contributed by atoms with Crippen molar-refractivity contribution in [2.75, 3.05) is 26.7 Å². The third-order valence-corrected chi connectivity index (χ3v) is 4.36. The number of hydrogen-bond donors (Lipinski definition) is 1. The van der Waals surface area contributed by atoms with Gasteiger partial charge >= 0.3 is 12.0 Å². The van der Waals surface area contributed by atoms with E-state index in [-0.39, 0.29) is 12.1 Å². The first-order chi connectivity index (χ1) is 10.1. The van der Waals surface area contributed by atoms with Crippen molar-refractivity contribution < 1.29 is 19.4 Å². The van der Waals surface area contributed by atoms with E-state index in [4.69, 9.17) is 4.74 Å². The number of likely N-dealkylation sites (N-methyl/N-ethyl adjacent to an activating group) is 1. The van der Waals surface area contributed by atoms with Crippen LogP contribution in [-0.2, 0) is 9.53 Å². The zero-order valence-corrected chi connectivity index (χ0v) is 12.8. The maximum Gasteiger partial charge on any atom is 0.326 e. The van der Waals surface area contributed by atoms with Crippen molar-refractivity contribution in [2.45, 2.75) is 57.1 Å². The SMILES string of the molecule is CN(CC1CCCCO1)C(=O)N1CCCCCC1C(=O)O. The van der Waals surface area contributed by atoms with Crippen molar-refractivity contribution >= 4 is 12.0 Å². The van der Waals surface area contributed by atoms with Crippen LogP contribution in [0.1, 0.15) is 44.9 Å². The van der Waals surface area contributed by atoms with Gasteiger partial charge in [-0.15, -0.1) is 0 Å². The molecule has 2 unspecified atom stereocenters. The van der Waals surface area contributed by atoms with Crippen LogP contribution in [0.25, 0.3) is 0 Å². The molecule has 0 aromatic carbocycles. The molecule has 0 bridgehead atoms. The van der Waals surface area contributed by atoms with Crippen LogP contribution in [-0.4, -0.2) is 65.8 Å². The highest BCUT2D eigenvalue weighted by molar-refractivity contribution is 5.82. The van der Waals surface area contributed by atoms with E-state index in [1.54, 1.807) is 11.9 Å². The Balaban J connectivity index is 1.96. The molecule has 0 saturated carbocycles. The molecule has 1 N–H and O–H groups in total. The lowest BCUT2D eigenvalue weighted by Crippen LogP contribution is -2.51. The Morgan fingerprint density at radius 3 is 2.62 bits per heavy atom. The average molecular weight is 298 g/mol. The standard InChI is InChI=1S/C15H26N2O4/c1-16(11-12-7-4-6-10-21-12)15(20)17-9-5-2-3-8-13(17)14(18)19/h12-13H,2-11H2,1H3,(H,18,19). The van der Waals surface area contributed by atoms with Gasteiger partial charge in [0.1, 0.15) is 6.04 Å². The highest BCUT2D eigenvalue weighted by Gasteiger charge is 2.33. The van der Waals surface area contributed by atoms with Crippen molar-refractivity contribution in [3.05, 3.63) is 0 Å². The molecule has 2 fully saturated rings. The van der Waals surface area contributed by atoms with Crippen LogP contribution in [0.5, 0.6) is 0 Å². The fourth-order valence-corrected chi connectivity index (χ4v) is 3.15. The maximum atomic E-state index is 12.6. The van der Waals surface area contributed by atoms with Gasteiger partial charge in [-0.1, -0.05) is 12.8 Å². The summed E-state index contributed by atoms with van der Waals surface area (Å²) in [5.74, 6) is -0.896. The Kier molecular flexibility index (Phi) is 5.85. The van der Waals surface area contributed by atoms with E-state index in [0.717, 1.165) is 45.1 Å². The number of amides is 2. The smallest absolute Gasteiger partial charge is 0.326 e. The number of carbonyl (C=O) groups is 2. The number of urea groups is 1. The summed E-state index contributed by atoms with van der Waals surface area (Å²) in [6.07, 6.45) is 6.57.